The van der Waals surface area contributed by atoms with Crippen LogP contribution in [0.4, 0.5) is 10.5 Å². The molecule has 1 N–H and O–H groups in total. The number of amides is 2. The highest BCUT2D eigenvalue weighted by atomic mass is 32.2. The number of urea groups is 1. The monoisotopic (exact) mass is 468 g/mol. The number of ether oxygens (including phenoxy) is 1. The van der Waals surface area contributed by atoms with Gasteiger partial charge in [0.25, 0.3) is 0 Å². The molecule has 0 aromatic heterocycles. The Bertz CT molecular complexity index is 894. The number of benzene rings is 2. The van der Waals surface area contributed by atoms with Crippen LogP contribution in [0.1, 0.15) is 64.4 Å². The summed E-state index contributed by atoms with van der Waals surface area (Å²) in [6, 6.07) is 16.5. The van der Waals surface area contributed by atoms with Crippen LogP contribution in [0.25, 0.3) is 0 Å². The molecular formula is C27H36N2O3S. The topological polar surface area (TPSA) is 58.6 Å². The van der Waals surface area contributed by atoms with E-state index in [9.17, 15) is 9.59 Å². The molecule has 1 aliphatic carbocycles. The molecule has 6 heteroatoms. The van der Waals surface area contributed by atoms with Crippen molar-refractivity contribution in [2.75, 3.05) is 18.1 Å². The van der Waals surface area contributed by atoms with Crippen molar-refractivity contribution in [3.8, 4) is 0 Å². The van der Waals surface area contributed by atoms with Crippen LogP contribution in [0.5, 0.6) is 0 Å². The van der Waals surface area contributed by atoms with Crippen molar-refractivity contribution >= 4 is 29.4 Å². The van der Waals surface area contributed by atoms with Gasteiger partial charge >= 0.3 is 12.0 Å². The van der Waals surface area contributed by atoms with E-state index in [1.165, 1.54) is 19.3 Å². The molecule has 0 aliphatic heterocycles. The molecule has 1 saturated carbocycles. The molecule has 0 radical (unpaired) electrons. The maximum absolute atomic E-state index is 13.0. The lowest BCUT2D eigenvalue weighted by atomic mass is 9.96. The van der Waals surface area contributed by atoms with E-state index in [4.69, 9.17) is 4.74 Å². The van der Waals surface area contributed by atoms with Crippen molar-refractivity contribution in [2.24, 2.45) is 0 Å². The van der Waals surface area contributed by atoms with Crippen LogP contribution in [0.15, 0.2) is 58.3 Å². The SMILES string of the molecule is CCCCN(C(=O)NC1CCCCC1)c1ccc(Sc2cccc(CC(=O)OCC)c2)cc1. The second kappa shape index (κ2) is 13.3. The number of rotatable bonds is 10. The molecule has 2 amide bonds. The lowest BCUT2D eigenvalue weighted by Gasteiger charge is -2.28. The normalized spacial score (nSPS) is 14.0. The van der Waals surface area contributed by atoms with Crippen molar-refractivity contribution in [1.82, 2.24) is 5.32 Å². The smallest absolute Gasteiger partial charge is 0.322 e. The summed E-state index contributed by atoms with van der Waals surface area (Å²) >= 11 is 1.65. The fourth-order valence-electron chi connectivity index (χ4n) is 4.09. The van der Waals surface area contributed by atoms with Crippen LogP contribution in [-0.4, -0.2) is 31.2 Å². The van der Waals surface area contributed by atoms with E-state index in [-0.39, 0.29) is 18.4 Å². The van der Waals surface area contributed by atoms with Gasteiger partial charge in [-0.3, -0.25) is 9.69 Å². The van der Waals surface area contributed by atoms with Gasteiger partial charge in [-0.25, -0.2) is 4.79 Å². The molecule has 0 bridgehead atoms. The Hall–Kier alpha value is -2.47. The van der Waals surface area contributed by atoms with E-state index in [1.807, 2.05) is 48.2 Å². The van der Waals surface area contributed by atoms with Gasteiger partial charge in [0.2, 0.25) is 0 Å². The summed E-state index contributed by atoms with van der Waals surface area (Å²) in [5.74, 6) is -0.206. The summed E-state index contributed by atoms with van der Waals surface area (Å²) in [5, 5.41) is 3.26. The highest BCUT2D eigenvalue weighted by Gasteiger charge is 2.21. The molecule has 178 valence electrons. The summed E-state index contributed by atoms with van der Waals surface area (Å²) in [7, 11) is 0. The summed E-state index contributed by atoms with van der Waals surface area (Å²) in [6.45, 7) is 5.08. The summed E-state index contributed by atoms with van der Waals surface area (Å²) in [6.07, 6.45) is 8.14. The standard InChI is InChI=1S/C27H36N2O3S/c1-3-5-18-29(27(31)28-22-11-7-6-8-12-22)23-14-16-24(17-15-23)33-25-13-9-10-21(19-25)20-26(30)32-4-2/h9-10,13-17,19,22H,3-8,11-12,18,20H2,1-2H3,(H,28,31). The lowest BCUT2D eigenvalue weighted by Crippen LogP contribution is -2.46. The van der Waals surface area contributed by atoms with Gasteiger partial charge < -0.3 is 10.1 Å². The molecule has 0 heterocycles. The van der Waals surface area contributed by atoms with Gasteiger partial charge in [-0.1, -0.05) is 56.5 Å². The Kier molecular flexibility index (Phi) is 10.1. The number of hydrogen-bond acceptors (Lipinski definition) is 4. The van der Waals surface area contributed by atoms with Gasteiger partial charge in [-0.2, -0.15) is 0 Å². The van der Waals surface area contributed by atoms with Crippen molar-refractivity contribution < 1.29 is 14.3 Å². The molecule has 0 saturated heterocycles. The zero-order valence-corrected chi connectivity index (χ0v) is 20.7. The summed E-state index contributed by atoms with van der Waals surface area (Å²) in [4.78, 5) is 28.9. The highest BCUT2D eigenvalue weighted by molar-refractivity contribution is 7.99. The van der Waals surface area contributed by atoms with Gasteiger partial charge in [0.15, 0.2) is 0 Å². The van der Waals surface area contributed by atoms with Gasteiger partial charge in [0.05, 0.1) is 13.0 Å². The third-order valence-corrected chi connectivity index (χ3v) is 6.85. The van der Waals surface area contributed by atoms with Gasteiger partial charge in [0.1, 0.15) is 0 Å². The first-order valence-electron chi connectivity index (χ1n) is 12.2. The van der Waals surface area contributed by atoms with E-state index in [2.05, 4.69) is 24.4 Å². The molecule has 2 aromatic carbocycles. The van der Waals surface area contributed by atoms with E-state index in [0.717, 1.165) is 53.3 Å². The maximum Gasteiger partial charge on any atom is 0.322 e. The molecule has 5 nitrogen and oxygen atoms in total. The number of esters is 1. The number of carbonyl (C=O) groups is 2. The van der Waals surface area contributed by atoms with Crippen molar-refractivity contribution in [1.29, 1.82) is 0 Å². The summed E-state index contributed by atoms with van der Waals surface area (Å²) < 4.78 is 5.05. The molecule has 0 atom stereocenters. The number of nitrogens with zero attached hydrogens (tertiary/aromatic N) is 1. The van der Waals surface area contributed by atoms with Crippen molar-refractivity contribution in [2.45, 2.75) is 81.0 Å². The van der Waals surface area contributed by atoms with Crippen LogP contribution in [0, 0.1) is 0 Å². The largest absolute Gasteiger partial charge is 0.466 e. The lowest BCUT2D eigenvalue weighted by molar-refractivity contribution is -0.142. The quantitative estimate of drug-likeness (QED) is 0.400. The molecule has 33 heavy (non-hydrogen) atoms. The van der Waals surface area contributed by atoms with Crippen molar-refractivity contribution in [3.63, 3.8) is 0 Å². The molecule has 1 fully saturated rings. The van der Waals surface area contributed by atoms with Crippen LogP contribution < -0.4 is 10.2 Å². The van der Waals surface area contributed by atoms with Crippen molar-refractivity contribution in [3.05, 3.63) is 54.1 Å². The number of hydrogen-bond donors (Lipinski definition) is 1. The second-order valence-electron chi connectivity index (χ2n) is 8.51. The Balaban J connectivity index is 1.65. The first-order chi connectivity index (χ1) is 16.1. The summed E-state index contributed by atoms with van der Waals surface area (Å²) in [5.41, 5.74) is 1.87. The third-order valence-electron chi connectivity index (χ3n) is 5.85. The predicted molar refractivity (Wildman–Crippen MR) is 135 cm³/mol. The van der Waals surface area contributed by atoms with Crippen LogP contribution in [0.3, 0.4) is 0 Å². The minimum Gasteiger partial charge on any atom is -0.466 e. The minimum atomic E-state index is -0.206. The van der Waals surface area contributed by atoms with Gasteiger partial charge in [-0.15, -0.1) is 0 Å². The third kappa shape index (κ3) is 8.11. The van der Waals surface area contributed by atoms with E-state index in [1.54, 1.807) is 11.8 Å². The first-order valence-corrected chi connectivity index (χ1v) is 13.0. The zero-order valence-electron chi connectivity index (χ0n) is 19.8. The molecule has 3 rings (SSSR count). The fraction of sp³-hybridized carbons (Fsp3) is 0.481. The number of nitrogens with one attached hydrogen (secondary N) is 1. The highest BCUT2D eigenvalue weighted by Crippen LogP contribution is 2.30. The Morgan fingerprint density at radius 2 is 1.79 bits per heavy atom. The Morgan fingerprint density at radius 3 is 2.48 bits per heavy atom. The predicted octanol–water partition coefficient (Wildman–Crippen LogP) is 6.59. The fourth-order valence-corrected chi connectivity index (χ4v) is 4.99. The molecule has 2 aromatic rings. The van der Waals surface area contributed by atoms with E-state index >= 15 is 0 Å². The minimum absolute atomic E-state index is 0.0161. The van der Waals surface area contributed by atoms with Gasteiger partial charge in [0, 0.05) is 28.1 Å². The van der Waals surface area contributed by atoms with E-state index in [0.29, 0.717) is 12.6 Å². The molecule has 0 unspecified atom stereocenters. The Labute approximate surface area is 202 Å². The first kappa shape index (κ1) is 25.2. The zero-order chi connectivity index (χ0) is 23.5. The van der Waals surface area contributed by atoms with Gasteiger partial charge in [-0.05, 0) is 68.1 Å². The molecular weight excluding hydrogens is 432 g/mol. The van der Waals surface area contributed by atoms with Crippen LogP contribution >= 0.6 is 11.8 Å². The van der Waals surface area contributed by atoms with E-state index < -0.39 is 0 Å². The maximum atomic E-state index is 13.0. The average molecular weight is 469 g/mol. The van der Waals surface area contributed by atoms with Crippen LogP contribution in [-0.2, 0) is 16.0 Å². The molecule has 0 spiro atoms. The number of anilines is 1. The Morgan fingerprint density at radius 1 is 1.03 bits per heavy atom. The molecule has 1 aliphatic rings. The van der Waals surface area contributed by atoms with Crippen LogP contribution in [0.2, 0.25) is 0 Å². The number of carbonyl (C=O) groups excluding carboxylic acids is 2. The average Bonchev–Trinajstić information content (AvgIpc) is 2.81. The number of unbranched alkanes of at least 4 members (excludes halogenated alkanes) is 1. The second-order valence-corrected chi connectivity index (χ2v) is 9.66.